The van der Waals surface area contributed by atoms with E-state index in [0.29, 0.717) is 16.3 Å². The molecular formula is C17H13N3O4S2. The van der Waals surface area contributed by atoms with Gasteiger partial charge in [0.25, 0.3) is 0 Å². The number of nitrogens with one attached hydrogen (secondary N) is 1. The van der Waals surface area contributed by atoms with Crippen molar-refractivity contribution >= 4 is 21.4 Å². The van der Waals surface area contributed by atoms with Crippen molar-refractivity contribution in [2.75, 3.05) is 0 Å². The highest BCUT2D eigenvalue weighted by molar-refractivity contribution is 7.89. The van der Waals surface area contributed by atoms with Crippen LogP contribution in [0.3, 0.4) is 0 Å². The highest BCUT2D eigenvalue weighted by atomic mass is 32.2. The first-order chi connectivity index (χ1) is 12.4. The first-order valence-corrected chi connectivity index (χ1v) is 9.72. The van der Waals surface area contributed by atoms with Gasteiger partial charge in [-0.2, -0.15) is 5.26 Å². The van der Waals surface area contributed by atoms with E-state index in [1.54, 1.807) is 23.6 Å². The Morgan fingerprint density at radius 1 is 1.15 bits per heavy atom. The SMILES string of the molecule is N#Cc1ccccc1S(=O)(=O)NCc1nc(-c2ccc(O)c(O)c2)cs1. The minimum absolute atomic E-state index is 0.0309. The monoisotopic (exact) mass is 387 g/mol. The van der Waals surface area contributed by atoms with Gasteiger partial charge in [-0.15, -0.1) is 11.3 Å². The molecule has 1 aromatic heterocycles. The molecule has 132 valence electrons. The van der Waals surface area contributed by atoms with Gasteiger partial charge in [-0.25, -0.2) is 18.1 Å². The molecule has 0 aliphatic carbocycles. The second-order valence-corrected chi connectivity index (χ2v) is 7.94. The predicted octanol–water partition coefficient (Wildman–Crippen LogP) is 2.57. The van der Waals surface area contributed by atoms with Crippen molar-refractivity contribution in [2.45, 2.75) is 11.4 Å². The van der Waals surface area contributed by atoms with Crippen LogP contribution in [0.2, 0.25) is 0 Å². The molecule has 0 unspecified atom stereocenters. The zero-order chi connectivity index (χ0) is 18.7. The molecule has 0 saturated heterocycles. The zero-order valence-corrected chi connectivity index (χ0v) is 14.9. The van der Waals surface area contributed by atoms with E-state index in [0.717, 1.165) is 0 Å². The summed E-state index contributed by atoms with van der Waals surface area (Å²) in [6.07, 6.45) is 0. The van der Waals surface area contributed by atoms with Crippen LogP contribution in [-0.2, 0) is 16.6 Å². The fourth-order valence-electron chi connectivity index (χ4n) is 2.24. The minimum Gasteiger partial charge on any atom is -0.504 e. The molecule has 0 radical (unpaired) electrons. The number of hydrogen-bond acceptors (Lipinski definition) is 7. The summed E-state index contributed by atoms with van der Waals surface area (Å²) in [6, 6.07) is 12.1. The van der Waals surface area contributed by atoms with E-state index in [2.05, 4.69) is 9.71 Å². The lowest BCUT2D eigenvalue weighted by Crippen LogP contribution is -2.24. The second-order valence-electron chi connectivity index (χ2n) is 5.26. The molecular weight excluding hydrogens is 374 g/mol. The number of aromatic hydroxyl groups is 2. The van der Waals surface area contributed by atoms with Crippen molar-refractivity contribution in [2.24, 2.45) is 0 Å². The molecule has 9 heteroatoms. The van der Waals surface area contributed by atoms with Gasteiger partial charge in [-0.3, -0.25) is 0 Å². The summed E-state index contributed by atoms with van der Waals surface area (Å²) in [6.45, 7) is -0.0309. The quantitative estimate of drug-likeness (QED) is 0.578. The van der Waals surface area contributed by atoms with Crippen LogP contribution in [0.4, 0.5) is 0 Å². The molecule has 2 aromatic carbocycles. The predicted molar refractivity (Wildman–Crippen MR) is 96.1 cm³/mol. The number of nitrogens with zero attached hydrogens (tertiary/aromatic N) is 2. The molecule has 3 rings (SSSR count). The topological polar surface area (TPSA) is 123 Å². The van der Waals surface area contributed by atoms with Crippen molar-refractivity contribution in [3.8, 4) is 28.8 Å². The maximum absolute atomic E-state index is 12.4. The molecule has 0 spiro atoms. The van der Waals surface area contributed by atoms with Crippen molar-refractivity contribution < 1.29 is 18.6 Å². The van der Waals surface area contributed by atoms with E-state index in [1.807, 2.05) is 6.07 Å². The molecule has 0 aliphatic heterocycles. The molecule has 0 bridgehead atoms. The summed E-state index contributed by atoms with van der Waals surface area (Å²) >= 11 is 1.25. The number of hydrogen-bond donors (Lipinski definition) is 3. The maximum Gasteiger partial charge on any atom is 0.242 e. The summed E-state index contributed by atoms with van der Waals surface area (Å²) in [5.74, 6) is -0.487. The summed E-state index contributed by atoms with van der Waals surface area (Å²) in [4.78, 5) is 4.24. The fourth-order valence-corrected chi connectivity index (χ4v) is 4.21. The van der Waals surface area contributed by atoms with E-state index in [9.17, 15) is 18.6 Å². The summed E-state index contributed by atoms with van der Waals surface area (Å²) < 4.78 is 27.2. The lowest BCUT2D eigenvalue weighted by atomic mass is 10.1. The lowest BCUT2D eigenvalue weighted by Gasteiger charge is -2.06. The highest BCUT2D eigenvalue weighted by Gasteiger charge is 2.18. The summed E-state index contributed by atoms with van der Waals surface area (Å²) in [5, 5.41) is 30.2. The smallest absolute Gasteiger partial charge is 0.242 e. The van der Waals surface area contributed by atoms with Gasteiger partial charge in [0.2, 0.25) is 10.0 Å². The van der Waals surface area contributed by atoms with E-state index in [-0.39, 0.29) is 28.5 Å². The van der Waals surface area contributed by atoms with E-state index >= 15 is 0 Å². The summed E-state index contributed by atoms with van der Waals surface area (Å²) in [5.41, 5.74) is 1.22. The van der Waals surface area contributed by atoms with Crippen LogP contribution in [0.1, 0.15) is 10.6 Å². The van der Waals surface area contributed by atoms with Crippen LogP contribution in [-0.4, -0.2) is 23.6 Å². The summed E-state index contributed by atoms with van der Waals surface area (Å²) in [7, 11) is -3.85. The molecule has 3 aromatic rings. The molecule has 0 fully saturated rings. The van der Waals surface area contributed by atoms with Crippen molar-refractivity contribution in [1.82, 2.24) is 9.71 Å². The molecule has 0 saturated carbocycles. The number of phenolic OH excluding ortho intramolecular Hbond substituents is 2. The normalized spacial score (nSPS) is 11.2. The van der Waals surface area contributed by atoms with E-state index in [1.165, 1.54) is 35.6 Å². The maximum atomic E-state index is 12.4. The average Bonchev–Trinajstić information content (AvgIpc) is 3.11. The Hall–Kier alpha value is -2.93. The van der Waals surface area contributed by atoms with Gasteiger partial charge < -0.3 is 10.2 Å². The second kappa shape index (κ2) is 7.13. The Bertz CT molecular complexity index is 1100. The minimum atomic E-state index is -3.85. The van der Waals surface area contributed by atoms with Gasteiger partial charge in [0.1, 0.15) is 11.1 Å². The Morgan fingerprint density at radius 3 is 2.65 bits per heavy atom. The largest absolute Gasteiger partial charge is 0.504 e. The van der Waals surface area contributed by atoms with E-state index in [4.69, 9.17) is 5.26 Å². The van der Waals surface area contributed by atoms with Crippen LogP contribution in [0.15, 0.2) is 52.7 Å². The highest BCUT2D eigenvalue weighted by Crippen LogP contribution is 2.31. The third kappa shape index (κ3) is 3.67. The first kappa shape index (κ1) is 17.9. The van der Waals surface area contributed by atoms with E-state index < -0.39 is 10.0 Å². The number of sulfonamides is 1. The van der Waals surface area contributed by atoms with Gasteiger partial charge in [0.05, 0.1) is 22.7 Å². The van der Waals surface area contributed by atoms with Gasteiger partial charge in [0.15, 0.2) is 11.5 Å². The molecule has 1 heterocycles. The van der Waals surface area contributed by atoms with Crippen molar-refractivity contribution in [1.29, 1.82) is 5.26 Å². The number of nitriles is 1. The van der Waals surface area contributed by atoms with Crippen LogP contribution < -0.4 is 4.72 Å². The molecule has 0 amide bonds. The Morgan fingerprint density at radius 2 is 1.92 bits per heavy atom. The number of benzene rings is 2. The first-order valence-electron chi connectivity index (χ1n) is 7.36. The molecule has 7 nitrogen and oxygen atoms in total. The van der Waals surface area contributed by atoms with Crippen LogP contribution >= 0.6 is 11.3 Å². The molecule has 0 aliphatic rings. The van der Waals surface area contributed by atoms with Crippen LogP contribution in [0.5, 0.6) is 11.5 Å². The zero-order valence-electron chi connectivity index (χ0n) is 13.2. The molecule has 3 N–H and O–H groups in total. The number of thiazole rings is 1. The Balaban J connectivity index is 1.77. The van der Waals surface area contributed by atoms with Gasteiger partial charge in [-0.05, 0) is 30.3 Å². The standard InChI is InChI=1S/C17H13N3O4S2/c18-8-12-3-1-2-4-16(12)26(23,24)19-9-17-20-13(10-25-17)11-5-6-14(21)15(22)7-11/h1-7,10,19,21-22H,9H2. The molecule has 0 atom stereocenters. The van der Waals surface area contributed by atoms with Crippen molar-refractivity contribution in [3.05, 3.63) is 58.4 Å². The van der Waals surface area contributed by atoms with Crippen LogP contribution in [0, 0.1) is 11.3 Å². The van der Waals surface area contributed by atoms with Gasteiger partial charge >= 0.3 is 0 Å². The Kier molecular flexibility index (Phi) is 4.90. The third-order valence-corrected chi connectivity index (χ3v) is 5.84. The Labute approximate surface area is 153 Å². The number of aromatic nitrogens is 1. The van der Waals surface area contributed by atoms with Crippen LogP contribution in [0.25, 0.3) is 11.3 Å². The fraction of sp³-hybridized carbons (Fsp3) is 0.0588. The number of rotatable bonds is 5. The van der Waals surface area contributed by atoms with Gasteiger partial charge in [0, 0.05) is 10.9 Å². The molecule has 26 heavy (non-hydrogen) atoms. The third-order valence-electron chi connectivity index (χ3n) is 3.53. The lowest BCUT2D eigenvalue weighted by molar-refractivity contribution is 0.404. The van der Waals surface area contributed by atoms with Crippen molar-refractivity contribution in [3.63, 3.8) is 0 Å². The number of phenols is 2. The van der Waals surface area contributed by atoms with Gasteiger partial charge in [-0.1, -0.05) is 12.1 Å². The average molecular weight is 387 g/mol.